The number of aromatic nitrogens is 1. The van der Waals surface area contributed by atoms with Crippen molar-refractivity contribution in [2.75, 3.05) is 5.32 Å². The zero-order valence-corrected chi connectivity index (χ0v) is 15.8. The molecule has 2 N–H and O–H groups in total. The van der Waals surface area contributed by atoms with E-state index in [9.17, 15) is 10.1 Å². The van der Waals surface area contributed by atoms with Gasteiger partial charge in [0, 0.05) is 11.6 Å². The van der Waals surface area contributed by atoms with E-state index >= 15 is 0 Å². The van der Waals surface area contributed by atoms with Crippen LogP contribution in [0.15, 0.2) is 35.4 Å². The van der Waals surface area contributed by atoms with Crippen LogP contribution in [-0.4, -0.2) is 10.9 Å². The van der Waals surface area contributed by atoms with Crippen LogP contribution in [0.4, 0.5) is 5.13 Å². The number of hydrogen-bond acceptors (Lipinski definition) is 5. The van der Waals surface area contributed by atoms with E-state index in [1.54, 1.807) is 0 Å². The smallest absolute Gasteiger partial charge is 0.263 e. The Balaban J connectivity index is 1.66. The molecule has 6 heteroatoms. The van der Waals surface area contributed by atoms with E-state index in [0.29, 0.717) is 5.13 Å². The SMILES string of the molecule is Cc1csc(N/C=C(/C#N)C(=O)NC(C)c2ccc3c(c2)CCCC3)n1. The minimum absolute atomic E-state index is 0.0302. The summed E-state index contributed by atoms with van der Waals surface area (Å²) in [5, 5.41) is 17.7. The Morgan fingerprint density at radius 2 is 2.12 bits per heavy atom. The predicted molar refractivity (Wildman–Crippen MR) is 104 cm³/mol. The summed E-state index contributed by atoms with van der Waals surface area (Å²) in [5.41, 5.74) is 4.79. The summed E-state index contributed by atoms with van der Waals surface area (Å²) in [4.78, 5) is 16.7. The van der Waals surface area contributed by atoms with Gasteiger partial charge in [-0.2, -0.15) is 5.26 Å². The van der Waals surface area contributed by atoms with Crippen molar-refractivity contribution in [3.63, 3.8) is 0 Å². The number of carbonyl (C=O) groups is 1. The quantitative estimate of drug-likeness (QED) is 0.619. The van der Waals surface area contributed by atoms with E-state index in [1.807, 2.05) is 25.3 Å². The predicted octanol–water partition coefficient (Wildman–Crippen LogP) is 4.03. The van der Waals surface area contributed by atoms with Gasteiger partial charge in [0.25, 0.3) is 5.91 Å². The maximum Gasteiger partial charge on any atom is 0.263 e. The van der Waals surface area contributed by atoms with Crippen LogP contribution in [0.2, 0.25) is 0 Å². The Morgan fingerprint density at radius 1 is 1.35 bits per heavy atom. The molecule has 5 nitrogen and oxygen atoms in total. The number of benzene rings is 1. The van der Waals surface area contributed by atoms with Crippen LogP contribution >= 0.6 is 11.3 Å². The first-order chi connectivity index (χ1) is 12.6. The molecule has 1 aliphatic carbocycles. The van der Waals surface area contributed by atoms with Gasteiger partial charge in [-0.15, -0.1) is 11.3 Å². The number of thiazole rings is 1. The number of hydrogen-bond donors (Lipinski definition) is 2. The summed E-state index contributed by atoms with van der Waals surface area (Å²) in [6.45, 7) is 3.83. The van der Waals surface area contributed by atoms with Crippen molar-refractivity contribution in [3.8, 4) is 6.07 Å². The number of fused-ring (bicyclic) bond motifs is 1. The summed E-state index contributed by atoms with van der Waals surface area (Å²) in [6, 6.07) is 8.21. The van der Waals surface area contributed by atoms with Crippen molar-refractivity contribution >= 4 is 22.4 Å². The number of carbonyl (C=O) groups excluding carboxylic acids is 1. The number of nitriles is 1. The van der Waals surface area contributed by atoms with Crippen molar-refractivity contribution in [1.82, 2.24) is 10.3 Å². The van der Waals surface area contributed by atoms with Gasteiger partial charge in [-0.25, -0.2) is 4.98 Å². The molecule has 3 rings (SSSR count). The number of amides is 1. The van der Waals surface area contributed by atoms with Gasteiger partial charge >= 0.3 is 0 Å². The number of rotatable bonds is 5. The van der Waals surface area contributed by atoms with Gasteiger partial charge in [-0.05, 0) is 56.2 Å². The standard InChI is InChI=1S/C20H22N4OS/c1-13-12-26-20(23-13)22-11-18(10-21)19(25)24-14(2)16-8-7-15-5-3-4-6-17(15)9-16/h7-9,11-12,14H,3-6H2,1-2H3,(H,22,23)(H,24,25)/b18-11-. The van der Waals surface area contributed by atoms with Gasteiger partial charge in [0.05, 0.1) is 11.7 Å². The molecule has 0 saturated carbocycles. The van der Waals surface area contributed by atoms with Crippen LogP contribution in [0.1, 0.15) is 48.2 Å². The third kappa shape index (κ3) is 4.30. The monoisotopic (exact) mass is 366 g/mol. The normalized spacial score (nSPS) is 14.9. The molecule has 1 aromatic heterocycles. The molecule has 2 aromatic rings. The first-order valence-corrected chi connectivity index (χ1v) is 9.66. The lowest BCUT2D eigenvalue weighted by molar-refractivity contribution is -0.117. The number of anilines is 1. The highest BCUT2D eigenvalue weighted by Gasteiger charge is 2.16. The highest BCUT2D eigenvalue weighted by Crippen LogP contribution is 2.25. The van der Waals surface area contributed by atoms with Gasteiger partial charge in [0.15, 0.2) is 5.13 Å². The minimum atomic E-state index is -0.390. The van der Waals surface area contributed by atoms with Crippen LogP contribution in [0.3, 0.4) is 0 Å². The van der Waals surface area contributed by atoms with Crippen molar-refractivity contribution in [2.24, 2.45) is 0 Å². The van der Waals surface area contributed by atoms with Crippen LogP contribution in [-0.2, 0) is 17.6 Å². The van der Waals surface area contributed by atoms with Gasteiger partial charge < -0.3 is 10.6 Å². The van der Waals surface area contributed by atoms with Crippen LogP contribution in [0, 0.1) is 18.3 Å². The molecule has 0 saturated heterocycles. The Morgan fingerprint density at radius 3 is 2.81 bits per heavy atom. The van der Waals surface area contributed by atoms with Gasteiger partial charge in [-0.3, -0.25) is 4.79 Å². The van der Waals surface area contributed by atoms with Crippen molar-refractivity contribution in [2.45, 2.75) is 45.6 Å². The average molecular weight is 366 g/mol. The lowest BCUT2D eigenvalue weighted by atomic mass is 9.89. The van der Waals surface area contributed by atoms with E-state index in [2.05, 4.69) is 33.8 Å². The highest BCUT2D eigenvalue weighted by atomic mass is 32.1. The Kier molecular flexibility index (Phi) is 5.69. The average Bonchev–Trinajstić information content (AvgIpc) is 3.07. The fraction of sp³-hybridized carbons (Fsp3) is 0.350. The molecule has 1 amide bonds. The fourth-order valence-corrected chi connectivity index (χ4v) is 3.74. The molecule has 1 heterocycles. The lowest BCUT2D eigenvalue weighted by Gasteiger charge is -2.20. The van der Waals surface area contributed by atoms with Crippen molar-refractivity contribution in [1.29, 1.82) is 5.26 Å². The lowest BCUT2D eigenvalue weighted by Crippen LogP contribution is -2.28. The summed E-state index contributed by atoms with van der Waals surface area (Å²) in [6.07, 6.45) is 6.12. The molecule has 134 valence electrons. The minimum Gasteiger partial charge on any atom is -0.345 e. The van der Waals surface area contributed by atoms with Gasteiger partial charge in [0.1, 0.15) is 11.6 Å². The largest absolute Gasteiger partial charge is 0.345 e. The van der Waals surface area contributed by atoms with Gasteiger partial charge in [-0.1, -0.05) is 18.2 Å². The molecule has 0 aliphatic heterocycles. The zero-order chi connectivity index (χ0) is 18.5. The molecule has 1 aliphatic rings. The second-order valence-corrected chi connectivity index (χ2v) is 7.40. The third-order valence-electron chi connectivity index (χ3n) is 4.54. The molecule has 0 radical (unpaired) electrons. The molecular formula is C20H22N4OS. The van der Waals surface area contributed by atoms with Crippen molar-refractivity contribution in [3.05, 3.63) is 57.7 Å². The Bertz CT molecular complexity index is 878. The molecular weight excluding hydrogens is 344 g/mol. The van der Waals surface area contributed by atoms with E-state index in [0.717, 1.165) is 24.1 Å². The summed E-state index contributed by atoms with van der Waals surface area (Å²) in [5.74, 6) is -0.390. The van der Waals surface area contributed by atoms with Crippen LogP contribution in [0.25, 0.3) is 0 Å². The summed E-state index contributed by atoms with van der Waals surface area (Å²) in [7, 11) is 0. The van der Waals surface area contributed by atoms with E-state index in [1.165, 1.54) is 41.5 Å². The summed E-state index contributed by atoms with van der Waals surface area (Å²) >= 11 is 1.43. The maximum atomic E-state index is 12.4. The Hall–Kier alpha value is -2.65. The van der Waals surface area contributed by atoms with Crippen molar-refractivity contribution < 1.29 is 4.79 Å². The number of nitrogens with zero attached hydrogens (tertiary/aromatic N) is 2. The number of aryl methyl sites for hydroxylation is 3. The topological polar surface area (TPSA) is 77.8 Å². The van der Waals surface area contributed by atoms with E-state index < -0.39 is 5.91 Å². The number of nitrogens with one attached hydrogen (secondary N) is 2. The van der Waals surface area contributed by atoms with E-state index in [4.69, 9.17) is 0 Å². The molecule has 26 heavy (non-hydrogen) atoms. The van der Waals surface area contributed by atoms with E-state index in [-0.39, 0.29) is 11.6 Å². The van der Waals surface area contributed by atoms with Crippen LogP contribution < -0.4 is 10.6 Å². The first kappa shape index (κ1) is 18.2. The molecule has 0 bridgehead atoms. The second-order valence-electron chi connectivity index (χ2n) is 6.54. The Labute approximate surface area is 157 Å². The molecule has 0 spiro atoms. The molecule has 1 aromatic carbocycles. The van der Waals surface area contributed by atoms with Gasteiger partial charge in [0.2, 0.25) is 0 Å². The molecule has 0 fully saturated rings. The first-order valence-electron chi connectivity index (χ1n) is 8.78. The maximum absolute atomic E-state index is 12.4. The summed E-state index contributed by atoms with van der Waals surface area (Å²) < 4.78 is 0. The fourth-order valence-electron chi connectivity index (χ4n) is 3.08. The third-order valence-corrected chi connectivity index (χ3v) is 5.44. The zero-order valence-electron chi connectivity index (χ0n) is 15.0. The second kappa shape index (κ2) is 8.15. The molecule has 1 atom stereocenters. The van der Waals surface area contributed by atoms with Crippen LogP contribution in [0.5, 0.6) is 0 Å². The molecule has 1 unspecified atom stereocenters. The highest BCUT2D eigenvalue weighted by molar-refractivity contribution is 7.13.